The van der Waals surface area contributed by atoms with Crippen LogP contribution in [0.1, 0.15) is 40.5 Å². The molecule has 0 spiro atoms. The van der Waals surface area contributed by atoms with Crippen molar-refractivity contribution >= 4 is 0 Å². The van der Waals surface area contributed by atoms with Gasteiger partial charge >= 0.3 is 0 Å². The molecule has 92 valence electrons. The topological polar surface area (TPSA) is 12.5 Å². The molecule has 0 radical (unpaired) electrons. The Labute approximate surface area is 96.0 Å². The highest BCUT2D eigenvalue weighted by molar-refractivity contribution is 4.53. The molecule has 0 atom stereocenters. The summed E-state index contributed by atoms with van der Waals surface area (Å²) in [6.07, 6.45) is 2.48. The third-order valence-electron chi connectivity index (χ3n) is 2.36. The van der Waals surface area contributed by atoms with E-state index in [0.29, 0.717) is 0 Å². The maximum atomic E-state index is 5.59. The van der Waals surface area contributed by atoms with E-state index in [1.165, 1.54) is 12.8 Å². The van der Waals surface area contributed by atoms with Crippen LogP contribution in [0.4, 0.5) is 0 Å². The molecule has 0 amide bonds. The standard InChI is InChI=1S/C13H29NO/c1-12(2)7-6-9-15-10-8-14(5)11-13(3)4/h12-13H,6-11H2,1-5H3. The molecule has 0 aliphatic carbocycles. The fourth-order valence-electron chi connectivity index (χ4n) is 1.63. The minimum Gasteiger partial charge on any atom is -0.380 e. The van der Waals surface area contributed by atoms with Gasteiger partial charge in [-0.3, -0.25) is 0 Å². The molecule has 2 heteroatoms. The molecular weight excluding hydrogens is 186 g/mol. The summed E-state index contributed by atoms with van der Waals surface area (Å²) in [4.78, 5) is 2.34. The second-order valence-corrected chi connectivity index (χ2v) is 5.30. The van der Waals surface area contributed by atoms with Crippen molar-refractivity contribution in [3.05, 3.63) is 0 Å². The van der Waals surface area contributed by atoms with Gasteiger partial charge in [-0.2, -0.15) is 0 Å². The minimum absolute atomic E-state index is 0.746. The van der Waals surface area contributed by atoms with Crippen molar-refractivity contribution in [1.82, 2.24) is 4.90 Å². The minimum atomic E-state index is 0.746. The average molecular weight is 215 g/mol. The monoisotopic (exact) mass is 215 g/mol. The van der Waals surface area contributed by atoms with E-state index in [2.05, 4.69) is 39.6 Å². The second-order valence-electron chi connectivity index (χ2n) is 5.30. The Morgan fingerprint density at radius 3 is 2.20 bits per heavy atom. The zero-order valence-electron chi connectivity index (χ0n) is 11.3. The van der Waals surface area contributed by atoms with Crippen LogP contribution < -0.4 is 0 Å². The summed E-state index contributed by atoms with van der Waals surface area (Å²) in [7, 11) is 2.16. The lowest BCUT2D eigenvalue weighted by Crippen LogP contribution is -2.27. The van der Waals surface area contributed by atoms with Gasteiger partial charge in [0.1, 0.15) is 0 Å². The van der Waals surface area contributed by atoms with E-state index in [0.717, 1.165) is 38.1 Å². The molecule has 0 aromatic heterocycles. The summed E-state index contributed by atoms with van der Waals surface area (Å²) in [5.41, 5.74) is 0. The summed E-state index contributed by atoms with van der Waals surface area (Å²) in [5.74, 6) is 1.55. The maximum Gasteiger partial charge on any atom is 0.0593 e. The van der Waals surface area contributed by atoms with Crippen molar-refractivity contribution in [3.8, 4) is 0 Å². The molecule has 0 aromatic rings. The van der Waals surface area contributed by atoms with E-state index in [-0.39, 0.29) is 0 Å². The lowest BCUT2D eigenvalue weighted by atomic mass is 10.1. The molecule has 0 heterocycles. The van der Waals surface area contributed by atoms with Gasteiger partial charge in [0, 0.05) is 19.7 Å². The van der Waals surface area contributed by atoms with E-state index in [1.54, 1.807) is 0 Å². The van der Waals surface area contributed by atoms with Gasteiger partial charge in [-0.15, -0.1) is 0 Å². The number of likely N-dealkylation sites (N-methyl/N-ethyl adjacent to an activating group) is 1. The van der Waals surface area contributed by atoms with Gasteiger partial charge in [0.05, 0.1) is 6.61 Å². The summed E-state index contributed by atoms with van der Waals surface area (Å²) < 4.78 is 5.59. The molecule has 0 N–H and O–H groups in total. The maximum absolute atomic E-state index is 5.59. The third-order valence-corrected chi connectivity index (χ3v) is 2.36. The van der Waals surface area contributed by atoms with Crippen molar-refractivity contribution in [3.63, 3.8) is 0 Å². The number of rotatable bonds is 9. The van der Waals surface area contributed by atoms with Crippen LogP contribution in [0, 0.1) is 11.8 Å². The first-order valence-electron chi connectivity index (χ1n) is 6.28. The summed E-state index contributed by atoms with van der Waals surface area (Å²) in [5, 5.41) is 0. The average Bonchev–Trinajstić information content (AvgIpc) is 2.09. The molecule has 0 unspecified atom stereocenters. The smallest absolute Gasteiger partial charge is 0.0593 e. The normalized spacial score (nSPS) is 12.0. The van der Waals surface area contributed by atoms with Crippen LogP contribution in [-0.4, -0.2) is 38.3 Å². The summed E-state index contributed by atoms with van der Waals surface area (Å²) in [6, 6.07) is 0. The molecule has 0 aromatic carbocycles. The zero-order valence-corrected chi connectivity index (χ0v) is 11.3. The molecule has 0 aliphatic heterocycles. The first-order chi connectivity index (χ1) is 7.02. The van der Waals surface area contributed by atoms with Crippen LogP contribution in [0.5, 0.6) is 0 Å². The van der Waals surface area contributed by atoms with E-state index < -0.39 is 0 Å². The lowest BCUT2D eigenvalue weighted by Gasteiger charge is -2.18. The molecule has 0 saturated heterocycles. The van der Waals surface area contributed by atoms with Gasteiger partial charge in [-0.05, 0) is 31.7 Å². The number of hydrogen-bond acceptors (Lipinski definition) is 2. The highest BCUT2D eigenvalue weighted by Gasteiger charge is 2.01. The number of nitrogens with zero attached hydrogens (tertiary/aromatic N) is 1. The molecule has 0 aliphatic rings. The molecule has 0 bridgehead atoms. The van der Waals surface area contributed by atoms with Crippen LogP contribution in [-0.2, 0) is 4.74 Å². The van der Waals surface area contributed by atoms with Crippen LogP contribution in [0.25, 0.3) is 0 Å². The van der Waals surface area contributed by atoms with E-state index in [4.69, 9.17) is 4.74 Å². The first-order valence-corrected chi connectivity index (χ1v) is 6.28. The largest absolute Gasteiger partial charge is 0.380 e. The van der Waals surface area contributed by atoms with Gasteiger partial charge in [-0.25, -0.2) is 0 Å². The highest BCUT2D eigenvalue weighted by atomic mass is 16.5. The SMILES string of the molecule is CC(C)CCCOCCN(C)CC(C)C. The quantitative estimate of drug-likeness (QED) is 0.548. The van der Waals surface area contributed by atoms with Gasteiger partial charge in [0.25, 0.3) is 0 Å². The summed E-state index contributed by atoms with van der Waals surface area (Å²) >= 11 is 0. The van der Waals surface area contributed by atoms with Gasteiger partial charge in [-0.1, -0.05) is 27.7 Å². The lowest BCUT2D eigenvalue weighted by molar-refractivity contribution is 0.104. The Hall–Kier alpha value is -0.0800. The van der Waals surface area contributed by atoms with Crippen molar-refractivity contribution in [2.24, 2.45) is 11.8 Å². The van der Waals surface area contributed by atoms with Crippen molar-refractivity contribution in [2.75, 3.05) is 33.4 Å². The van der Waals surface area contributed by atoms with E-state index in [1.807, 2.05) is 0 Å². The van der Waals surface area contributed by atoms with Crippen LogP contribution >= 0.6 is 0 Å². The third kappa shape index (κ3) is 11.8. The van der Waals surface area contributed by atoms with Gasteiger partial charge in [0.2, 0.25) is 0 Å². The Morgan fingerprint density at radius 1 is 1.00 bits per heavy atom. The Morgan fingerprint density at radius 2 is 1.67 bits per heavy atom. The van der Waals surface area contributed by atoms with Crippen molar-refractivity contribution in [2.45, 2.75) is 40.5 Å². The van der Waals surface area contributed by atoms with Crippen molar-refractivity contribution in [1.29, 1.82) is 0 Å². The number of hydrogen-bond donors (Lipinski definition) is 0. The van der Waals surface area contributed by atoms with E-state index in [9.17, 15) is 0 Å². The second kappa shape index (κ2) is 9.17. The van der Waals surface area contributed by atoms with Gasteiger partial charge in [0.15, 0.2) is 0 Å². The molecule has 2 nitrogen and oxygen atoms in total. The number of ether oxygens (including phenoxy) is 1. The molecule has 15 heavy (non-hydrogen) atoms. The van der Waals surface area contributed by atoms with Crippen LogP contribution in [0.3, 0.4) is 0 Å². The Kier molecular flexibility index (Phi) is 9.12. The van der Waals surface area contributed by atoms with Gasteiger partial charge < -0.3 is 9.64 Å². The Bertz CT molecular complexity index is 134. The predicted octanol–water partition coefficient (Wildman–Crippen LogP) is 3.03. The molecular formula is C13H29NO. The molecule has 0 saturated carbocycles. The fraction of sp³-hybridized carbons (Fsp3) is 1.00. The predicted molar refractivity (Wildman–Crippen MR) is 67.2 cm³/mol. The van der Waals surface area contributed by atoms with Crippen molar-refractivity contribution < 1.29 is 4.74 Å². The fourth-order valence-corrected chi connectivity index (χ4v) is 1.63. The molecule has 0 fully saturated rings. The van der Waals surface area contributed by atoms with Crippen LogP contribution in [0.15, 0.2) is 0 Å². The summed E-state index contributed by atoms with van der Waals surface area (Å²) in [6.45, 7) is 13.0. The Balaban J connectivity index is 3.16. The molecule has 0 rings (SSSR count). The zero-order chi connectivity index (χ0) is 11.7. The first kappa shape index (κ1) is 14.9. The van der Waals surface area contributed by atoms with E-state index >= 15 is 0 Å². The van der Waals surface area contributed by atoms with Crippen LogP contribution in [0.2, 0.25) is 0 Å². The highest BCUT2D eigenvalue weighted by Crippen LogP contribution is 2.03.